The van der Waals surface area contributed by atoms with Gasteiger partial charge in [0.25, 0.3) is 15.2 Å². The molecular formula is C20H20ClN3O5S2. The molecule has 11 heteroatoms. The smallest absolute Gasteiger partial charge is 0.262 e. The Labute approximate surface area is 188 Å². The number of ether oxygens (including phenoxy) is 1. The van der Waals surface area contributed by atoms with Crippen molar-refractivity contribution in [2.24, 2.45) is 0 Å². The second-order valence-electron chi connectivity index (χ2n) is 6.92. The molecule has 1 saturated heterocycles. The summed E-state index contributed by atoms with van der Waals surface area (Å²) in [6, 6.07) is 10.9. The molecule has 1 atom stereocenters. The van der Waals surface area contributed by atoms with Crippen LogP contribution in [0.3, 0.4) is 0 Å². The Bertz CT molecular complexity index is 1190. The molecule has 0 saturated carbocycles. The van der Waals surface area contributed by atoms with Crippen LogP contribution in [0.5, 0.6) is 0 Å². The van der Waals surface area contributed by atoms with E-state index in [1.807, 2.05) is 0 Å². The van der Waals surface area contributed by atoms with Crippen molar-refractivity contribution in [2.45, 2.75) is 29.1 Å². The molecule has 1 unspecified atom stereocenters. The number of carbonyl (C=O) groups excluding carboxylic acids is 1. The number of rotatable bonds is 8. The van der Waals surface area contributed by atoms with Gasteiger partial charge in [0, 0.05) is 13.2 Å². The summed E-state index contributed by atoms with van der Waals surface area (Å²) in [5, 5.41) is 3.42. The number of anilines is 1. The van der Waals surface area contributed by atoms with Crippen molar-refractivity contribution in [2.75, 3.05) is 23.6 Å². The summed E-state index contributed by atoms with van der Waals surface area (Å²) in [5.74, 6) is -0.00589. The van der Waals surface area contributed by atoms with Gasteiger partial charge in [-0.15, -0.1) is 0 Å². The number of nitrogens with zero attached hydrogens (tertiary/aromatic N) is 1. The van der Waals surface area contributed by atoms with Crippen molar-refractivity contribution < 1.29 is 22.4 Å². The van der Waals surface area contributed by atoms with Crippen molar-refractivity contribution in [1.29, 1.82) is 0 Å². The Hall–Kier alpha value is -2.27. The van der Waals surface area contributed by atoms with Crippen LogP contribution < -0.4 is 10.0 Å². The van der Waals surface area contributed by atoms with Crippen LogP contribution in [-0.2, 0) is 19.6 Å². The lowest BCUT2D eigenvalue weighted by atomic mass is 10.2. The number of para-hydroxylation sites is 1. The van der Waals surface area contributed by atoms with E-state index in [4.69, 9.17) is 20.8 Å². The van der Waals surface area contributed by atoms with Gasteiger partial charge in [0.2, 0.25) is 5.91 Å². The zero-order valence-electron chi connectivity index (χ0n) is 16.3. The average Bonchev–Trinajstić information content (AvgIpc) is 3.41. The molecule has 1 aliphatic heterocycles. The first kappa shape index (κ1) is 21.9. The van der Waals surface area contributed by atoms with E-state index in [1.54, 1.807) is 24.3 Å². The third kappa shape index (κ3) is 5.51. The van der Waals surface area contributed by atoms with Gasteiger partial charge in [0.15, 0.2) is 5.58 Å². The largest absolute Gasteiger partial charge is 0.431 e. The Morgan fingerprint density at radius 2 is 2.10 bits per heavy atom. The Kier molecular flexibility index (Phi) is 6.71. The van der Waals surface area contributed by atoms with Crippen molar-refractivity contribution >= 4 is 56.1 Å². The molecule has 31 heavy (non-hydrogen) atoms. The molecule has 2 aromatic carbocycles. The normalized spacial score (nSPS) is 16.5. The van der Waals surface area contributed by atoms with Crippen molar-refractivity contribution in [3.8, 4) is 0 Å². The van der Waals surface area contributed by atoms with Crippen LogP contribution in [-0.4, -0.2) is 44.3 Å². The van der Waals surface area contributed by atoms with Crippen molar-refractivity contribution in [1.82, 2.24) is 10.3 Å². The number of oxazole rings is 1. The van der Waals surface area contributed by atoms with Crippen LogP contribution >= 0.6 is 23.4 Å². The minimum absolute atomic E-state index is 0.0269. The van der Waals surface area contributed by atoms with Crippen LogP contribution in [0.15, 0.2) is 57.0 Å². The Morgan fingerprint density at radius 1 is 1.26 bits per heavy atom. The summed E-state index contributed by atoms with van der Waals surface area (Å²) in [5.41, 5.74) is 1.10. The minimum Gasteiger partial charge on any atom is -0.431 e. The van der Waals surface area contributed by atoms with Gasteiger partial charge < -0.3 is 14.5 Å². The van der Waals surface area contributed by atoms with E-state index in [1.165, 1.54) is 18.2 Å². The lowest BCUT2D eigenvalue weighted by Gasteiger charge is -2.09. The Morgan fingerprint density at radius 3 is 2.87 bits per heavy atom. The number of amides is 1. The number of carbonyl (C=O) groups is 1. The van der Waals surface area contributed by atoms with E-state index in [0.29, 0.717) is 22.7 Å². The molecule has 1 aliphatic rings. The van der Waals surface area contributed by atoms with E-state index in [2.05, 4.69) is 15.0 Å². The third-order valence-corrected chi connectivity index (χ3v) is 7.17. The highest BCUT2D eigenvalue weighted by Gasteiger charge is 2.19. The van der Waals surface area contributed by atoms with Crippen LogP contribution in [0.1, 0.15) is 12.8 Å². The summed E-state index contributed by atoms with van der Waals surface area (Å²) in [7, 11) is -3.86. The molecule has 0 bridgehead atoms. The number of fused-ring (bicyclic) bond motifs is 1. The van der Waals surface area contributed by atoms with Gasteiger partial charge in [0.1, 0.15) is 5.52 Å². The number of sulfonamides is 1. The fourth-order valence-corrected chi connectivity index (χ4v) is 5.08. The van der Waals surface area contributed by atoms with Gasteiger partial charge in [-0.3, -0.25) is 9.52 Å². The second kappa shape index (κ2) is 9.47. The maximum absolute atomic E-state index is 12.7. The highest BCUT2D eigenvalue weighted by molar-refractivity contribution is 7.99. The minimum atomic E-state index is -3.86. The lowest BCUT2D eigenvalue weighted by molar-refractivity contribution is -0.119. The molecule has 0 aliphatic carbocycles. The van der Waals surface area contributed by atoms with E-state index >= 15 is 0 Å². The maximum Gasteiger partial charge on any atom is 0.262 e. The van der Waals surface area contributed by atoms with Gasteiger partial charge >= 0.3 is 0 Å². The Balaban J connectivity index is 1.40. The van der Waals surface area contributed by atoms with Gasteiger partial charge in [-0.2, -0.15) is 0 Å². The number of aromatic nitrogens is 1. The molecular weight excluding hydrogens is 462 g/mol. The van der Waals surface area contributed by atoms with E-state index in [-0.39, 0.29) is 33.6 Å². The maximum atomic E-state index is 12.7. The summed E-state index contributed by atoms with van der Waals surface area (Å²) in [6.07, 6.45) is 2.05. The van der Waals surface area contributed by atoms with E-state index in [0.717, 1.165) is 31.2 Å². The first-order valence-corrected chi connectivity index (χ1v) is 12.4. The average molecular weight is 482 g/mol. The van der Waals surface area contributed by atoms with Crippen molar-refractivity contribution in [3.63, 3.8) is 0 Å². The van der Waals surface area contributed by atoms with Gasteiger partial charge in [0.05, 0.1) is 27.5 Å². The fraction of sp³-hybridized carbons (Fsp3) is 0.300. The van der Waals surface area contributed by atoms with Crippen LogP contribution in [0.25, 0.3) is 11.1 Å². The second-order valence-corrected chi connectivity index (χ2v) is 9.94. The zero-order valence-corrected chi connectivity index (χ0v) is 18.7. The number of nitrogens with one attached hydrogen (secondary N) is 2. The van der Waals surface area contributed by atoms with Gasteiger partial charge in [-0.25, -0.2) is 13.4 Å². The molecule has 2 heterocycles. The number of thioether (sulfide) groups is 1. The quantitative estimate of drug-likeness (QED) is 0.472. The predicted molar refractivity (Wildman–Crippen MR) is 119 cm³/mol. The lowest BCUT2D eigenvalue weighted by Crippen LogP contribution is -2.32. The molecule has 1 amide bonds. The number of halogens is 1. The standard InChI is InChI=1S/C20H20ClN3O5S2/c21-15-5-1-2-6-16(15)24-31(26,27)14-7-8-18-17(10-14)23-20(29-18)30-12-19(25)22-11-13-4-3-9-28-13/h1-2,5-8,10,13,24H,3-4,9,11-12H2,(H,22,25). The molecule has 3 aromatic rings. The van der Waals surface area contributed by atoms with Gasteiger partial charge in [-0.1, -0.05) is 35.5 Å². The molecule has 0 spiro atoms. The molecule has 2 N–H and O–H groups in total. The molecule has 164 valence electrons. The molecule has 0 radical (unpaired) electrons. The fourth-order valence-electron chi connectivity index (χ4n) is 3.07. The topological polar surface area (TPSA) is 111 Å². The summed E-state index contributed by atoms with van der Waals surface area (Å²) >= 11 is 7.18. The van der Waals surface area contributed by atoms with Crippen LogP contribution in [0.4, 0.5) is 5.69 Å². The number of hydrogen-bond acceptors (Lipinski definition) is 7. The zero-order chi connectivity index (χ0) is 21.8. The SMILES string of the molecule is O=C(CSc1nc2cc(S(=O)(=O)Nc3ccccc3Cl)ccc2o1)NCC1CCCO1. The first-order valence-electron chi connectivity index (χ1n) is 9.60. The summed E-state index contributed by atoms with van der Waals surface area (Å²) < 4.78 is 39.0. The van der Waals surface area contributed by atoms with E-state index in [9.17, 15) is 13.2 Å². The number of hydrogen-bond donors (Lipinski definition) is 2. The summed E-state index contributed by atoms with van der Waals surface area (Å²) in [6.45, 7) is 1.23. The highest BCUT2D eigenvalue weighted by atomic mass is 35.5. The molecule has 1 fully saturated rings. The highest BCUT2D eigenvalue weighted by Crippen LogP contribution is 2.28. The molecule has 8 nitrogen and oxygen atoms in total. The number of benzene rings is 2. The third-order valence-electron chi connectivity index (χ3n) is 4.65. The predicted octanol–water partition coefficient (Wildman–Crippen LogP) is 3.67. The monoisotopic (exact) mass is 481 g/mol. The van der Waals surface area contributed by atoms with Gasteiger partial charge in [-0.05, 0) is 43.2 Å². The molecule has 1 aromatic heterocycles. The summed E-state index contributed by atoms with van der Waals surface area (Å²) in [4.78, 5) is 16.3. The molecule has 4 rings (SSSR count). The van der Waals surface area contributed by atoms with E-state index < -0.39 is 10.0 Å². The van der Waals surface area contributed by atoms with Crippen LogP contribution in [0, 0.1) is 0 Å². The van der Waals surface area contributed by atoms with Crippen molar-refractivity contribution in [3.05, 3.63) is 47.5 Å². The van der Waals surface area contributed by atoms with Crippen LogP contribution in [0.2, 0.25) is 5.02 Å². The first-order chi connectivity index (χ1) is 14.9.